The predicted molar refractivity (Wildman–Crippen MR) is 123 cm³/mol. The fourth-order valence-electron chi connectivity index (χ4n) is 2.37. The number of carbonyl (C=O) groups excluding carboxylic acids is 1. The molecule has 4 nitrogen and oxygen atoms in total. The van der Waals surface area contributed by atoms with Crippen molar-refractivity contribution in [2.75, 3.05) is 0 Å². The first-order valence-electron chi connectivity index (χ1n) is 10.6. The lowest BCUT2D eigenvalue weighted by molar-refractivity contribution is -0.140. The number of unbranched alkanes of at least 4 members (excludes halogenated alkanes) is 7. The summed E-state index contributed by atoms with van der Waals surface area (Å²) in [6.07, 6.45) is 32.9. The van der Waals surface area contributed by atoms with Crippen LogP contribution < -0.4 is 5.32 Å². The zero-order chi connectivity index (χ0) is 21.6. The molecule has 29 heavy (non-hydrogen) atoms. The summed E-state index contributed by atoms with van der Waals surface area (Å²) >= 11 is 0. The third-order valence-electron chi connectivity index (χ3n) is 4.09. The highest BCUT2D eigenvalue weighted by Gasteiger charge is 2.11. The first-order valence-corrected chi connectivity index (χ1v) is 10.6. The Morgan fingerprint density at radius 3 is 1.79 bits per heavy atom. The van der Waals surface area contributed by atoms with Gasteiger partial charge in [-0.05, 0) is 19.8 Å². The van der Waals surface area contributed by atoms with Gasteiger partial charge in [-0.15, -0.1) is 0 Å². The minimum Gasteiger partial charge on any atom is -0.480 e. The van der Waals surface area contributed by atoms with Crippen LogP contribution in [0.25, 0.3) is 0 Å². The van der Waals surface area contributed by atoms with Gasteiger partial charge in [0.25, 0.3) is 0 Å². The van der Waals surface area contributed by atoms with E-state index in [9.17, 15) is 9.59 Å². The van der Waals surface area contributed by atoms with Gasteiger partial charge in [-0.2, -0.15) is 0 Å². The van der Waals surface area contributed by atoms with E-state index in [2.05, 4.69) is 24.4 Å². The SMILES string of the molecule is CCCCCCCCC/C=C/C=C/C=C/C=C/C=C/C=C/C(=O)N[C@H](C)C(=O)O. The van der Waals surface area contributed by atoms with Crippen LogP contribution >= 0.6 is 0 Å². The van der Waals surface area contributed by atoms with Gasteiger partial charge in [0.2, 0.25) is 5.91 Å². The summed E-state index contributed by atoms with van der Waals surface area (Å²) < 4.78 is 0. The first-order chi connectivity index (χ1) is 14.1. The highest BCUT2D eigenvalue weighted by Crippen LogP contribution is 2.08. The molecular weight excluding hydrogens is 362 g/mol. The van der Waals surface area contributed by atoms with Crippen LogP contribution in [-0.2, 0) is 9.59 Å². The van der Waals surface area contributed by atoms with Gasteiger partial charge in [0.05, 0.1) is 0 Å². The van der Waals surface area contributed by atoms with Crippen LogP contribution in [-0.4, -0.2) is 23.0 Å². The summed E-state index contributed by atoms with van der Waals surface area (Å²) in [4.78, 5) is 22.0. The molecule has 0 heterocycles. The number of hydrogen-bond donors (Lipinski definition) is 2. The summed E-state index contributed by atoms with van der Waals surface area (Å²) in [5.41, 5.74) is 0. The number of carbonyl (C=O) groups is 2. The summed E-state index contributed by atoms with van der Waals surface area (Å²) in [5, 5.41) is 11.0. The Labute approximate surface area is 176 Å². The molecular formula is C25H37NO3. The van der Waals surface area contributed by atoms with Crippen molar-refractivity contribution in [3.63, 3.8) is 0 Å². The van der Waals surface area contributed by atoms with E-state index in [1.165, 1.54) is 57.9 Å². The minimum absolute atomic E-state index is 0.432. The second kappa shape index (κ2) is 20.1. The molecule has 0 unspecified atom stereocenters. The van der Waals surface area contributed by atoms with Crippen molar-refractivity contribution in [1.29, 1.82) is 0 Å². The van der Waals surface area contributed by atoms with Gasteiger partial charge in [-0.25, -0.2) is 0 Å². The molecule has 0 aliphatic carbocycles. The molecule has 1 atom stereocenters. The lowest BCUT2D eigenvalue weighted by Crippen LogP contribution is -2.37. The number of allylic oxidation sites excluding steroid dienone is 11. The maximum absolute atomic E-state index is 11.4. The highest BCUT2D eigenvalue weighted by atomic mass is 16.4. The average Bonchev–Trinajstić information content (AvgIpc) is 2.69. The quantitative estimate of drug-likeness (QED) is 0.188. The Balaban J connectivity index is 3.78. The molecule has 4 heteroatoms. The third kappa shape index (κ3) is 19.9. The second-order valence-electron chi connectivity index (χ2n) is 6.81. The third-order valence-corrected chi connectivity index (χ3v) is 4.09. The lowest BCUT2D eigenvalue weighted by atomic mass is 10.1. The molecule has 160 valence electrons. The average molecular weight is 400 g/mol. The Kier molecular flexibility index (Phi) is 18.3. The van der Waals surface area contributed by atoms with Gasteiger partial charge in [-0.1, -0.05) is 112 Å². The smallest absolute Gasteiger partial charge is 0.325 e. The van der Waals surface area contributed by atoms with Crippen LogP contribution in [0.2, 0.25) is 0 Å². The van der Waals surface area contributed by atoms with Crippen molar-refractivity contribution < 1.29 is 14.7 Å². The Hall–Kier alpha value is -2.62. The van der Waals surface area contributed by atoms with Gasteiger partial charge in [-0.3, -0.25) is 9.59 Å². The fourth-order valence-corrected chi connectivity index (χ4v) is 2.37. The summed E-state index contributed by atoms with van der Waals surface area (Å²) in [5.74, 6) is -1.49. The number of amides is 1. The van der Waals surface area contributed by atoms with Crippen LogP contribution in [0, 0.1) is 0 Å². The van der Waals surface area contributed by atoms with E-state index in [1.807, 2.05) is 36.5 Å². The van der Waals surface area contributed by atoms with Gasteiger partial charge in [0.15, 0.2) is 0 Å². The maximum atomic E-state index is 11.4. The van der Waals surface area contributed by atoms with Crippen molar-refractivity contribution >= 4 is 11.9 Å². The van der Waals surface area contributed by atoms with E-state index in [0.717, 1.165) is 6.42 Å². The van der Waals surface area contributed by atoms with Crippen molar-refractivity contribution in [2.45, 2.75) is 71.3 Å². The second-order valence-corrected chi connectivity index (χ2v) is 6.81. The molecule has 0 fully saturated rings. The normalized spacial score (nSPS) is 13.7. The van der Waals surface area contributed by atoms with Crippen LogP contribution in [0.4, 0.5) is 0 Å². The van der Waals surface area contributed by atoms with E-state index >= 15 is 0 Å². The molecule has 0 spiro atoms. The molecule has 0 saturated carbocycles. The molecule has 0 aromatic heterocycles. The number of carboxylic acid groups (broad SMARTS) is 1. The van der Waals surface area contributed by atoms with Crippen LogP contribution in [0.3, 0.4) is 0 Å². The van der Waals surface area contributed by atoms with Crippen LogP contribution in [0.5, 0.6) is 0 Å². The number of aliphatic carboxylic acids is 1. The van der Waals surface area contributed by atoms with Crippen LogP contribution in [0.15, 0.2) is 72.9 Å². The number of carboxylic acids is 1. The van der Waals surface area contributed by atoms with E-state index in [0.29, 0.717) is 0 Å². The van der Waals surface area contributed by atoms with E-state index in [-0.39, 0.29) is 0 Å². The van der Waals surface area contributed by atoms with E-state index in [1.54, 1.807) is 18.2 Å². The molecule has 0 aromatic carbocycles. The molecule has 0 aliphatic heterocycles. The van der Waals surface area contributed by atoms with Crippen molar-refractivity contribution in [2.24, 2.45) is 0 Å². The first kappa shape index (κ1) is 26.4. The van der Waals surface area contributed by atoms with Gasteiger partial charge in [0.1, 0.15) is 6.04 Å². The van der Waals surface area contributed by atoms with Gasteiger partial charge >= 0.3 is 5.97 Å². The summed E-state index contributed by atoms with van der Waals surface area (Å²) in [7, 11) is 0. The molecule has 1 amide bonds. The molecule has 0 rings (SSSR count). The molecule has 0 aliphatic rings. The van der Waals surface area contributed by atoms with Gasteiger partial charge in [0, 0.05) is 6.08 Å². The topological polar surface area (TPSA) is 66.4 Å². The minimum atomic E-state index is -1.06. The van der Waals surface area contributed by atoms with Gasteiger partial charge < -0.3 is 10.4 Å². The fraction of sp³-hybridized carbons (Fsp3) is 0.440. The Morgan fingerprint density at radius 2 is 1.24 bits per heavy atom. The maximum Gasteiger partial charge on any atom is 0.325 e. The summed E-state index contributed by atoms with van der Waals surface area (Å²) in [6, 6.07) is -0.899. The molecule has 0 saturated heterocycles. The van der Waals surface area contributed by atoms with E-state index in [4.69, 9.17) is 5.11 Å². The standard InChI is InChI=1S/C25H37NO3/c1-3-4-5-6-7-8-9-10-11-12-13-14-15-16-17-18-19-20-21-22-24(27)26-23(2)25(28)29/h11-23H,3-10H2,1-2H3,(H,26,27)(H,28,29)/b12-11+,14-13+,16-15+,18-17+,20-19+,22-21+/t23-/m1/s1. The Bertz CT molecular complexity index is 610. The largest absolute Gasteiger partial charge is 0.480 e. The monoisotopic (exact) mass is 399 g/mol. The lowest BCUT2D eigenvalue weighted by Gasteiger charge is -2.05. The zero-order valence-electron chi connectivity index (χ0n) is 17.9. The van der Waals surface area contributed by atoms with E-state index < -0.39 is 17.9 Å². The molecule has 0 aromatic rings. The van der Waals surface area contributed by atoms with Crippen molar-refractivity contribution in [3.8, 4) is 0 Å². The molecule has 0 radical (unpaired) electrons. The Morgan fingerprint density at radius 1 is 0.759 bits per heavy atom. The molecule has 0 bridgehead atoms. The number of nitrogens with one attached hydrogen (secondary N) is 1. The number of hydrogen-bond acceptors (Lipinski definition) is 2. The zero-order valence-corrected chi connectivity index (χ0v) is 17.9. The van der Waals surface area contributed by atoms with Crippen LogP contribution in [0.1, 0.15) is 65.2 Å². The predicted octanol–water partition coefficient (Wildman–Crippen LogP) is 6.05. The number of rotatable bonds is 16. The molecule has 2 N–H and O–H groups in total. The van der Waals surface area contributed by atoms with Crippen molar-refractivity contribution in [3.05, 3.63) is 72.9 Å². The van der Waals surface area contributed by atoms with Crippen molar-refractivity contribution in [1.82, 2.24) is 5.32 Å². The summed E-state index contributed by atoms with van der Waals surface area (Å²) in [6.45, 7) is 3.66. The highest BCUT2D eigenvalue weighted by molar-refractivity contribution is 5.91.